The molecule has 20 heavy (non-hydrogen) atoms. The topological polar surface area (TPSA) is 71.9 Å². The average Bonchev–Trinajstić information content (AvgIpc) is 2.49. The van der Waals surface area contributed by atoms with Gasteiger partial charge >= 0.3 is 0 Å². The number of rotatable bonds is 2. The molecule has 3 aromatic rings. The number of nitriles is 1. The summed E-state index contributed by atoms with van der Waals surface area (Å²) in [6.07, 6.45) is 1.68. The molecule has 0 aliphatic rings. The highest BCUT2D eigenvalue weighted by Crippen LogP contribution is 2.30. The number of anilines is 1. The Morgan fingerprint density at radius 3 is 2.80 bits per heavy atom. The van der Waals surface area contributed by atoms with Crippen molar-refractivity contribution in [2.45, 2.75) is 0 Å². The second-order valence-corrected chi connectivity index (χ2v) is 4.31. The Morgan fingerprint density at radius 2 is 1.95 bits per heavy atom. The number of fused-ring (bicyclic) bond motifs is 1. The minimum absolute atomic E-state index is 0.389. The van der Waals surface area contributed by atoms with Gasteiger partial charge in [-0.1, -0.05) is 18.2 Å². The third-order valence-corrected chi connectivity index (χ3v) is 2.97. The van der Waals surface area contributed by atoms with E-state index in [9.17, 15) is 0 Å². The zero-order valence-electron chi connectivity index (χ0n) is 10.6. The van der Waals surface area contributed by atoms with Crippen LogP contribution in [0.1, 0.15) is 5.56 Å². The molecule has 2 N–H and O–H groups in total. The summed E-state index contributed by atoms with van der Waals surface area (Å²) < 4.78 is 5.78. The van der Waals surface area contributed by atoms with Crippen LogP contribution in [0.15, 0.2) is 54.7 Å². The van der Waals surface area contributed by atoms with E-state index in [1.54, 1.807) is 24.4 Å². The van der Waals surface area contributed by atoms with Crippen LogP contribution in [-0.4, -0.2) is 4.98 Å². The zero-order valence-corrected chi connectivity index (χ0v) is 10.6. The van der Waals surface area contributed by atoms with Crippen molar-refractivity contribution in [3.63, 3.8) is 0 Å². The zero-order chi connectivity index (χ0) is 13.9. The Hall–Kier alpha value is -3.06. The highest BCUT2D eigenvalue weighted by Gasteiger charge is 2.08. The van der Waals surface area contributed by atoms with Crippen molar-refractivity contribution in [3.8, 4) is 17.7 Å². The summed E-state index contributed by atoms with van der Waals surface area (Å²) in [5.41, 5.74) is 6.58. The number of aromatic nitrogens is 1. The first kappa shape index (κ1) is 12.0. The summed E-state index contributed by atoms with van der Waals surface area (Å²) in [6, 6.07) is 16.7. The first-order valence-electron chi connectivity index (χ1n) is 6.09. The fraction of sp³-hybridized carbons (Fsp3) is 0. The van der Waals surface area contributed by atoms with Gasteiger partial charge in [-0.3, -0.25) is 0 Å². The third kappa shape index (κ3) is 2.13. The molecule has 0 unspecified atom stereocenters. The van der Waals surface area contributed by atoms with Gasteiger partial charge in [-0.2, -0.15) is 5.26 Å². The molecular weight excluding hydrogens is 250 g/mol. The number of nitrogen functional groups attached to an aromatic ring is 1. The first-order valence-corrected chi connectivity index (χ1v) is 6.09. The van der Waals surface area contributed by atoms with Crippen LogP contribution in [0, 0.1) is 11.3 Å². The van der Waals surface area contributed by atoms with E-state index in [1.165, 1.54) is 0 Å². The highest BCUT2D eigenvalue weighted by atomic mass is 16.5. The number of ether oxygens (including phenoxy) is 1. The minimum atomic E-state index is 0.389. The lowest BCUT2D eigenvalue weighted by Crippen LogP contribution is -1.93. The quantitative estimate of drug-likeness (QED) is 0.717. The van der Waals surface area contributed by atoms with Crippen LogP contribution in [0.5, 0.6) is 11.6 Å². The average molecular weight is 261 g/mol. The lowest BCUT2D eigenvalue weighted by Gasteiger charge is -2.09. The van der Waals surface area contributed by atoms with E-state index in [0.29, 0.717) is 22.9 Å². The second-order valence-electron chi connectivity index (χ2n) is 4.31. The summed E-state index contributed by atoms with van der Waals surface area (Å²) in [7, 11) is 0. The number of benzene rings is 2. The molecule has 2 aromatic carbocycles. The van der Waals surface area contributed by atoms with Crippen LogP contribution in [0.2, 0.25) is 0 Å². The molecule has 0 saturated carbocycles. The Kier molecular flexibility index (Phi) is 2.94. The lowest BCUT2D eigenvalue weighted by molar-refractivity contribution is 0.468. The van der Waals surface area contributed by atoms with E-state index in [2.05, 4.69) is 11.1 Å². The maximum Gasteiger partial charge on any atom is 0.227 e. The summed E-state index contributed by atoms with van der Waals surface area (Å²) in [4.78, 5) is 4.24. The molecule has 3 rings (SSSR count). The summed E-state index contributed by atoms with van der Waals surface area (Å²) in [6.45, 7) is 0. The lowest BCUT2D eigenvalue weighted by atomic mass is 10.1. The fourth-order valence-corrected chi connectivity index (χ4v) is 2.00. The molecule has 1 aromatic heterocycles. The van der Waals surface area contributed by atoms with Gasteiger partial charge in [-0.05, 0) is 35.7 Å². The Bertz CT molecular complexity index is 816. The van der Waals surface area contributed by atoms with Crippen molar-refractivity contribution in [3.05, 3.63) is 60.3 Å². The van der Waals surface area contributed by atoms with Crippen LogP contribution in [-0.2, 0) is 0 Å². The van der Waals surface area contributed by atoms with Gasteiger partial charge in [-0.25, -0.2) is 4.98 Å². The molecule has 0 atom stereocenters. The predicted octanol–water partition coefficient (Wildman–Crippen LogP) is 3.48. The molecule has 0 saturated heterocycles. The van der Waals surface area contributed by atoms with E-state index in [0.717, 1.165) is 10.8 Å². The van der Waals surface area contributed by atoms with E-state index in [1.807, 2.05) is 30.3 Å². The molecule has 4 heteroatoms. The van der Waals surface area contributed by atoms with Crippen molar-refractivity contribution in [1.82, 2.24) is 4.98 Å². The highest BCUT2D eigenvalue weighted by molar-refractivity contribution is 5.86. The van der Waals surface area contributed by atoms with Gasteiger partial charge in [0.05, 0.1) is 5.56 Å². The van der Waals surface area contributed by atoms with Crippen molar-refractivity contribution >= 4 is 16.5 Å². The van der Waals surface area contributed by atoms with E-state index >= 15 is 0 Å². The van der Waals surface area contributed by atoms with Crippen molar-refractivity contribution in [2.75, 3.05) is 5.73 Å². The second kappa shape index (κ2) is 4.90. The summed E-state index contributed by atoms with van der Waals surface area (Å²) >= 11 is 0. The monoisotopic (exact) mass is 261 g/mol. The van der Waals surface area contributed by atoms with Gasteiger partial charge in [0.15, 0.2) is 0 Å². The van der Waals surface area contributed by atoms with Gasteiger partial charge in [0, 0.05) is 17.3 Å². The molecular formula is C16H11N3O. The Balaban J connectivity index is 2.08. The van der Waals surface area contributed by atoms with E-state index in [-0.39, 0.29) is 0 Å². The molecule has 0 spiro atoms. The fourth-order valence-electron chi connectivity index (χ4n) is 2.00. The number of nitrogens with zero attached hydrogens (tertiary/aromatic N) is 2. The predicted molar refractivity (Wildman–Crippen MR) is 77.4 cm³/mol. The molecule has 4 nitrogen and oxygen atoms in total. The van der Waals surface area contributed by atoms with Crippen molar-refractivity contribution in [1.29, 1.82) is 5.26 Å². The van der Waals surface area contributed by atoms with Gasteiger partial charge in [0.25, 0.3) is 0 Å². The molecule has 1 heterocycles. The molecule has 0 amide bonds. The summed E-state index contributed by atoms with van der Waals surface area (Å²) in [5, 5.41) is 11.1. The maximum absolute atomic E-state index is 9.13. The maximum atomic E-state index is 9.13. The van der Waals surface area contributed by atoms with Crippen LogP contribution in [0.3, 0.4) is 0 Å². The minimum Gasteiger partial charge on any atom is -0.437 e. The van der Waals surface area contributed by atoms with Crippen LogP contribution >= 0.6 is 0 Å². The SMILES string of the molecule is N#Cc1cc(N)ccc1Oc1nccc2ccccc12. The number of pyridine rings is 1. The standard InChI is InChI=1S/C16H11N3O/c17-10-12-9-13(18)5-6-15(12)20-16-14-4-2-1-3-11(14)7-8-19-16/h1-9H,18H2. The smallest absolute Gasteiger partial charge is 0.227 e. The van der Waals surface area contributed by atoms with Crippen LogP contribution < -0.4 is 10.5 Å². The van der Waals surface area contributed by atoms with Gasteiger partial charge < -0.3 is 10.5 Å². The molecule has 96 valence electrons. The van der Waals surface area contributed by atoms with E-state index < -0.39 is 0 Å². The van der Waals surface area contributed by atoms with Crippen molar-refractivity contribution in [2.24, 2.45) is 0 Å². The van der Waals surface area contributed by atoms with Crippen LogP contribution in [0.4, 0.5) is 5.69 Å². The van der Waals surface area contributed by atoms with Crippen LogP contribution in [0.25, 0.3) is 10.8 Å². The normalized spacial score (nSPS) is 10.2. The number of hydrogen-bond acceptors (Lipinski definition) is 4. The third-order valence-electron chi connectivity index (χ3n) is 2.97. The molecule has 0 aliphatic heterocycles. The molecule has 0 fully saturated rings. The molecule has 0 radical (unpaired) electrons. The van der Waals surface area contributed by atoms with Gasteiger partial charge in [0.1, 0.15) is 11.8 Å². The summed E-state index contributed by atoms with van der Waals surface area (Å²) in [5.74, 6) is 0.926. The van der Waals surface area contributed by atoms with E-state index in [4.69, 9.17) is 15.7 Å². The number of nitrogens with two attached hydrogens (primary N) is 1. The van der Waals surface area contributed by atoms with Gasteiger partial charge in [0.2, 0.25) is 5.88 Å². The number of hydrogen-bond donors (Lipinski definition) is 1. The largest absolute Gasteiger partial charge is 0.437 e. The Morgan fingerprint density at radius 1 is 1.10 bits per heavy atom. The molecule has 0 bridgehead atoms. The molecule has 0 aliphatic carbocycles. The Labute approximate surface area is 116 Å². The van der Waals surface area contributed by atoms with Crippen molar-refractivity contribution < 1.29 is 4.74 Å². The van der Waals surface area contributed by atoms with Gasteiger partial charge in [-0.15, -0.1) is 0 Å². The first-order chi connectivity index (χ1) is 9.78.